The molecule has 2 unspecified atom stereocenters. The van der Waals surface area contributed by atoms with Crippen molar-refractivity contribution < 1.29 is 19.1 Å². The van der Waals surface area contributed by atoms with Crippen LogP contribution in [-0.4, -0.2) is 48.9 Å². The first-order chi connectivity index (χ1) is 14.3. The Labute approximate surface area is 182 Å². The van der Waals surface area contributed by atoms with E-state index in [0.717, 1.165) is 5.56 Å². The summed E-state index contributed by atoms with van der Waals surface area (Å²) in [6.45, 7) is 4.16. The molecule has 6 nitrogen and oxygen atoms in total. The smallest absolute Gasteiger partial charge is 0.310 e. The molecule has 0 bridgehead atoms. The molecule has 7 heteroatoms. The summed E-state index contributed by atoms with van der Waals surface area (Å²) in [5.41, 5.74) is 1.33. The molecular weight excluding hydrogens is 404 g/mol. The van der Waals surface area contributed by atoms with Crippen molar-refractivity contribution in [2.24, 2.45) is 5.92 Å². The van der Waals surface area contributed by atoms with E-state index in [1.165, 1.54) is 7.11 Å². The predicted molar refractivity (Wildman–Crippen MR) is 116 cm³/mol. The van der Waals surface area contributed by atoms with Gasteiger partial charge in [0.05, 0.1) is 13.0 Å². The van der Waals surface area contributed by atoms with E-state index in [4.69, 9.17) is 16.3 Å². The Balaban J connectivity index is 2.22. The largest absolute Gasteiger partial charge is 0.469 e. The predicted octanol–water partition coefficient (Wildman–Crippen LogP) is 3.34. The first kappa shape index (κ1) is 23.4. The molecule has 1 N–H and O–H groups in total. The highest BCUT2D eigenvalue weighted by Crippen LogP contribution is 2.12. The number of ether oxygens (including phenoxy) is 1. The highest BCUT2D eigenvalue weighted by Gasteiger charge is 2.28. The molecule has 30 heavy (non-hydrogen) atoms. The summed E-state index contributed by atoms with van der Waals surface area (Å²) >= 11 is 5.90. The van der Waals surface area contributed by atoms with E-state index in [-0.39, 0.29) is 24.3 Å². The van der Waals surface area contributed by atoms with Crippen LogP contribution in [0, 0.1) is 5.92 Å². The first-order valence-electron chi connectivity index (χ1n) is 9.82. The molecule has 2 atom stereocenters. The number of nitrogens with zero attached hydrogens (tertiary/aromatic N) is 1. The van der Waals surface area contributed by atoms with Crippen LogP contribution in [0.1, 0.15) is 29.8 Å². The number of esters is 1. The molecule has 0 spiro atoms. The second-order valence-electron chi connectivity index (χ2n) is 7.02. The third-order valence-corrected chi connectivity index (χ3v) is 5.04. The number of nitrogens with one attached hydrogen (secondary N) is 1. The van der Waals surface area contributed by atoms with Crippen molar-refractivity contribution in [2.75, 3.05) is 20.2 Å². The number of rotatable bonds is 9. The molecule has 2 rings (SSSR count). The fourth-order valence-electron chi connectivity index (χ4n) is 3.09. The molecule has 0 saturated carbocycles. The summed E-state index contributed by atoms with van der Waals surface area (Å²) in [6.07, 6.45) is 0.335. The Morgan fingerprint density at radius 2 is 1.70 bits per heavy atom. The lowest BCUT2D eigenvalue weighted by molar-refractivity contribution is -0.146. The van der Waals surface area contributed by atoms with Gasteiger partial charge in [-0.2, -0.15) is 0 Å². The van der Waals surface area contributed by atoms with Crippen LogP contribution in [0.2, 0.25) is 5.02 Å². The van der Waals surface area contributed by atoms with Crippen LogP contribution in [0.25, 0.3) is 0 Å². The number of benzene rings is 2. The van der Waals surface area contributed by atoms with Crippen LogP contribution in [-0.2, 0) is 20.7 Å². The Bertz CT molecular complexity index is 855. The van der Waals surface area contributed by atoms with E-state index in [0.29, 0.717) is 23.6 Å². The second kappa shape index (κ2) is 11.4. The van der Waals surface area contributed by atoms with Gasteiger partial charge in [0.2, 0.25) is 5.91 Å². The maximum absolute atomic E-state index is 13.3. The minimum absolute atomic E-state index is 0.212. The zero-order valence-corrected chi connectivity index (χ0v) is 18.2. The third-order valence-electron chi connectivity index (χ3n) is 4.78. The normalized spacial score (nSPS) is 12.5. The summed E-state index contributed by atoms with van der Waals surface area (Å²) in [5.74, 6) is -1.47. The van der Waals surface area contributed by atoms with E-state index >= 15 is 0 Å². The molecule has 0 aliphatic heterocycles. The number of methoxy groups -OCH3 is 1. The van der Waals surface area contributed by atoms with Crippen LogP contribution in [0.5, 0.6) is 0 Å². The Kier molecular flexibility index (Phi) is 8.87. The van der Waals surface area contributed by atoms with Crippen LogP contribution >= 0.6 is 11.6 Å². The number of amides is 2. The zero-order valence-electron chi connectivity index (χ0n) is 17.4. The molecular formula is C23H27ClN2O4. The van der Waals surface area contributed by atoms with Gasteiger partial charge in [-0.25, -0.2) is 0 Å². The topological polar surface area (TPSA) is 75.7 Å². The van der Waals surface area contributed by atoms with Crippen molar-refractivity contribution in [1.29, 1.82) is 0 Å². The lowest BCUT2D eigenvalue weighted by Gasteiger charge is -2.28. The van der Waals surface area contributed by atoms with Crippen LogP contribution in [0.3, 0.4) is 0 Å². The SMILES string of the molecule is CCN(CC(C)C(=O)OC)C(=O)C(Cc1ccccc1)NC(=O)c1ccc(Cl)cc1. The summed E-state index contributed by atoms with van der Waals surface area (Å²) in [7, 11) is 1.32. The van der Waals surface area contributed by atoms with E-state index in [1.54, 1.807) is 36.1 Å². The van der Waals surface area contributed by atoms with Crippen LogP contribution in [0.4, 0.5) is 0 Å². The summed E-state index contributed by atoms with van der Waals surface area (Å²) < 4.78 is 4.77. The Morgan fingerprint density at radius 3 is 2.27 bits per heavy atom. The molecule has 0 radical (unpaired) electrons. The summed E-state index contributed by atoms with van der Waals surface area (Å²) in [4.78, 5) is 39.4. The van der Waals surface area contributed by atoms with Crippen molar-refractivity contribution in [1.82, 2.24) is 10.2 Å². The lowest BCUT2D eigenvalue weighted by Crippen LogP contribution is -2.51. The van der Waals surface area contributed by atoms with Crippen molar-refractivity contribution in [3.63, 3.8) is 0 Å². The number of likely N-dealkylation sites (N-methyl/N-ethyl adjacent to an activating group) is 1. The van der Waals surface area contributed by atoms with Gasteiger partial charge in [-0.1, -0.05) is 48.9 Å². The van der Waals surface area contributed by atoms with Gasteiger partial charge in [0.15, 0.2) is 0 Å². The maximum Gasteiger partial charge on any atom is 0.310 e. The minimum atomic E-state index is -0.777. The highest BCUT2D eigenvalue weighted by molar-refractivity contribution is 6.30. The number of halogens is 1. The van der Waals surface area contributed by atoms with Crippen molar-refractivity contribution in [3.05, 3.63) is 70.7 Å². The van der Waals surface area contributed by atoms with E-state index in [2.05, 4.69) is 5.32 Å². The summed E-state index contributed by atoms with van der Waals surface area (Å²) in [5, 5.41) is 3.37. The highest BCUT2D eigenvalue weighted by atomic mass is 35.5. The summed E-state index contributed by atoms with van der Waals surface area (Å²) in [6, 6.07) is 15.2. The standard InChI is InChI=1S/C23H27ClN2O4/c1-4-26(15-16(2)23(29)30-3)22(28)20(14-17-8-6-5-7-9-17)25-21(27)18-10-12-19(24)13-11-18/h5-13,16,20H,4,14-15H2,1-3H3,(H,25,27). The first-order valence-corrected chi connectivity index (χ1v) is 10.2. The molecule has 160 valence electrons. The maximum atomic E-state index is 13.3. The Morgan fingerprint density at radius 1 is 1.07 bits per heavy atom. The zero-order chi connectivity index (χ0) is 22.1. The average Bonchev–Trinajstić information content (AvgIpc) is 2.76. The van der Waals surface area contributed by atoms with E-state index in [9.17, 15) is 14.4 Å². The van der Waals surface area contributed by atoms with Crippen molar-refractivity contribution in [3.8, 4) is 0 Å². The van der Waals surface area contributed by atoms with Gasteiger partial charge >= 0.3 is 5.97 Å². The Hall–Kier alpha value is -2.86. The number of carbonyl (C=O) groups is 3. The molecule has 2 aromatic rings. The molecule has 0 fully saturated rings. The molecule has 2 amide bonds. The van der Waals surface area contributed by atoms with Gasteiger partial charge in [0.25, 0.3) is 5.91 Å². The fourth-order valence-corrected chi connectivity index (χ4v) is 3.22. The molecule has 0 aliphatic carbocycles. The van der Waals surface area contributed by atoms with E-state index in [1.807, 2.05) is 37.3 Å². The van der Waals surface area contributed by atoms with Gasteiger partial charge in [0, 0.05) is 30.1 Å². The van der Waals surface area contributed by atoms with Gasteiger partial charge < -0.3 is 15.0 Å². The number of hydrogen-bond acceptors (Lipinski definition) is 4. The van der Waals surface area contributed by atoms with Crippen LogP contribution in [0.15, 0.2) is 54.6 Å². The lowest BCUT2D eigenvalue weighted by atomic mass is 10.0. The molecule has 0 aromatic heterocycles. The van der Waals surface area contributed by atoms with Gasteiger partial charge in [-0.3, -0.25) is 14.4 Å². The number of hydrogen-bond donors (Lipinski definition) is 1. The quantitative estimate of drug-likeness (QED) is 0.619. The van der Waals surface area contributed by atoms with Gasteiger partial charge in [-0.05, 0) is 36.8 Å². The van der Waals surface area contributed by atoms with Gasteiger partial charge in [-0.15, -0.1) is 0 Å². The number of carbonyl (C=O) groups excluding carboxylic acids is 3. The van der Waals surface area contributed by atoms with Crippen LogP contribution < -0.4 is 5.32 Å². The van der Waals surface area contributed by atoms with Crippen molar-refractivity contribution in [2.45, 2.75) is 26.3 Å². The molecule has 0 heterocycles. The van der Waals surface area contributed by atoms with Gasteiger partial charge in [0.1, 0.15) is 6.04 Å². The average molecular weight is 431 g/mol. The second-order valence-corrected chi connectivity index (χ2v) is 7.46. The molecule has 0 aliphatic rings. The minimum Gasteiger partial charge on any atom is -0.469 e. The van der Waals surface area contributed by atoms with Crippen molar-refractivity contribution >= 4 is 29.4 Å². The third kappa shape index (κ3) is 6.59. The molecule has 2 aromatic carbocycles. The monoisotopic (exact) mass is 430 g/mol. The van der Waals surface area contributed by atoms with E-state index < -0.39 is 12.0 Å². The molecule has 0 saturated heterocycles. The fraction of sp³-hybridized carbons (Fsp3) is 0.348.